The fourth-order valence-corrected chi connectivity index (χ4v) is 0.740. The SMILES string of the molecule is CC(COC(=O)CCC(=O)O)N(C)CF. The standard InChI is InChI=1S/C9H16FNO4/c1-7(11(2)6-10)5-15-9(14)4-3-8(12)13/h7H,3-6H2,1-2H3,(H,12,13). The van der Waals surface area contributed by atoms with Crippen molar-refractivity contribution in [1.82, 2.24) is 4.90 Å². The van der Waals surface area contributed by atoms with Gasteiger partial charge in [0.2, 0.25) is 0 Å². The molecule has 1 unspecified atom stereocenters. The van der Waals surface area contributed by atoms with E-state index in [1.54, 1.807) is 14.0 Å². The maximum absolute atomic E-state index is 12.1. The minimum absolute atomic E-state index is 0.0683. The van der Waals surface area contributed by atoms with Crippen molar-refractivity contribution in [3.8, 4) is 0 Å². The first-order valence-corrected chi connectivity index (χ1v) is 4.61. The highest BCUT2D eigenvalue weighted by Gasteiger charge is 2.12. The van der Waals surface area contributed by atoms with Gasteiger partial charge in [-0.25, -0.2) is 4.39 Å². The average molecular weight is 221 g/mol. The van der Waals surface area contributed by atoms with E-state index in [0.717, 1.165) is 0 Å². The van der Waals surface area contributed by atoms with E-state index < -0.39 is 18.7 Å². The second kappa shape index (κ2) is 7.17. The maximum atomic E-state index is 12.1. The first kappa shape index (κ1) is 13.8. The number of nitrogens with zero attached hydrogens (tertiary/aromatic N) is 1. The lowest BCUT2D eigenvalue weighted by atomic mass is 10.3. The van der Waals surface area contributed by atoms with E-state index in [0.29, 0.717) is 0 Å². The summed E-state index contributed by atoms with van der Waals surface area (Å²) in [4.78, 5) is 22.5. The number of aliphatic carboxylic acids is 1. The van der Waals surface area contributed by atoms with Crippen molar-refractivity contribution in [2.75, 3.05) is 20.5 Å². The molecular weight excluding hydrogens is 205 g/mol. The van der Waals surface area contributed by atoms with Crippen LogP contribution in [0, 0.1) is 0 Å². The number of carboxylic acids is 1. The molecule has 0 spiro atoms. The molecule has 0 rings (SSSR count). The first-order valence-electron chi connectivity index (χ1n) is 4.61. The molecule has 0 saturated carbocycles. The zero-order chi connectivity index (χ0) is 11.8. The van der Waals surface area contributed by atoms with E-state index in [1.807, 2.05) is 0 Å². The number of hydrogen-bond acceptors (Lipinski definition) is 4. The van der Waals surface area contributed by atoms with Crippen LogP contribution in [0.5, 0.6) is 0 Å². The third-order valence-corrected chi connectivity index (χ3v) is 1.97. The number of rotatable bonds is 7. The van der Waals surface area contributed by atoms with Crippen LogP contribution in [-0.2, 0) is 14.3 Å². The quantitative estimate of drug-likeness (QED) is 0.505. The number of halogens is 1. The van der Waals surface area contributed by atoms with Crippen molar-refractivity contribution >= 4 is 11.9 Å². The number of ether oxygens (including phenoxy) is 1. The molecule has 1 N–H and O–H groups in total. The summed E-state index contributed by atoms with van der Waals surface area (Å²) in [5.41, 5.74) is 0. The van der Waals surface area contributed by atoms with E-state index in [-0.39, 0.29) is 25.5 Å². The molecule has 0 saturated heterocycles. The first-order chi connectivity index (χ1) is 6.97. The highest BCUT2D eigenvalue weighted by atomic mass is 19.1. The number of esters is 1. The molecule has 15 heavy (non-hydrogen) atoms. The van der Waals surface area contributed by atoms with Gasteiger partial charge in [0.1, 0.15) is 13.4 Å². The molecule has 0 radical (unpaired) electrons. The second-order valence-corrected chi connectivity index (χ2v) is 3.30. The molecule has 0 amide bonds. The molecule has 0 aliphatic carbocycles. The predicted octanol–water partition coefficient (Wildman–Crippen LogP) is 0.642. The average Bonchev–Trinajstić information content (AvgIpc) is 2.21. The topological polar surface area (TPSA) is 66.8 Å². The Balaban J connectivity index is 3.66. The number of hydrogen-bond donors (Lipinski definition) is 1. The monoisotopic (exact) mass is 221 g/mol. The Labute approximate surface area is 87.8 Å². The van der Waals surface area contributed by atoms with Gasteiger partial charge in [-0.15, -0.1) is 0 Å². The highest BCUT2D eigenvalue weighted by molar-refractivity contribution is 5.76. The molecule has 0 heterocycles. The van der Waals surface area contributed by atoms with Crippen LogP contribution in [0.3, 0.4) is 0 Å². The molecule has 1 atom stereocenters. The molecule has 88 valence electrons. The zero-order valence-corrected chi connectivity index (χ0v) is 8.90. The highest BCUT2D eigenvalue weighted by Crippen LogP contribution is 1.99. The number of carboxylic acid groups (broad SMARTS) is 1. The van der Waals surface area contributed by atoms with Crippen molar-refractivity contribution in [2.45, 2.75) is 25.8 Å². The Morgan fingerprint density at radius 1 is 1.47 bits per heavy atom. The molecule has 0 bridgehead atoms. The molecule has 0 aliphatic rings. The van der Waals surface area contributed by atoms with E-state index in [9.17, 15) is 14.0 Å². The van der Waals surface area contributed by atoms with Gasteiger partial charge >= 0.3 is 11.9 Å². The summed E-state index contributed by atoms with van der Waals surface area (Å²) in [5.74, 6) is -1.61. The summed E-state index contributed by atoms with van der Waals surface area (Å²) in [6.45, 7) is 1.16. The van der Waals surface area contributed by atoms with Gasteiger partial charge in [0.05, 0.1) is 12.8 Å². The van der Waals surface area contributed by atoms with Gasteiger partial charge in [-0.1, -0.05) is 0 Å². The predicted molar refractivity (Wildman–Crippen MR) is 51.0 cm³/mol. The van der Waals surface area contributed by atoms with Crippen molar-refractivity contribution in [3.63, 3.8) is 0 Å². The third kappa shape index (κ3) is 6.84. The minimum Gasteiger partial charge on any atom is -0.481 e. The Hall–Kier alpha value is -1.17. The Kier molecular flexibility index (Phi) is 6.61. The molecule has 0 aliphatic heterocycles. The molecule has 0 fully saturated rings. The Bertz CT molecular complexity index is 222. The normalized spacial score (nSPS) is 12.5. The summed E-state index contributed by atoms with van der Waals surface area (Å²) in [6, 6.07) is -0.219. The zero-order valence-electron chi connectivity index (χ0n) is 8.90. The van der Waals surface area contributed by atoms with Crippen molar-refractivity contribution in [1.29, 1.82) is 0 Å². The van der Waals surface area contributed by atoms with Crippen LogP contribution < -0.4 is 0 Å². The largest absolute Gasteiger partial charge is 0.481 e. The summed E-state index contributed by atoms with van der Waals surface area (Å²) >= 11 is 0. The lowest BCUT2D eigenvalue weighted by Crippen LogP contribution is -2.33. The van der Waals surface area contributed by atoms with Crippen LogP contribution in [0.4, 0.5) is 4.39 Å². The van der Waals surface area contributed by atoms with E-state index >= 15 is 0 Å². The number of carbonyl (C=O) groups is 2. The lowest BCUT2D eigenvalue weighted by Gasteiger charge is -2.20. The van der Waals surface area contributed by atoms with Crippen LogP contribution in [0.15, 0.2) is 0 Å². The Morgan fingerprint density at radius 2 is 2.07 bits per heavy atom. The molecule has 0 aromatic heterocycles. The maximum Gasteiger partial charge on any atom is 0.306 e. The molecule has 0 aromatic carbocycles. The number of likely N-dealkylation sites (N-methyl/N-ethyl adjacent to an activating group) is 1. The number of carbonyl (C=O) groups excluding carboxylic acids is 1. The van der Waals surface area contributed by atoms with Gasteiger partial charge in [-0.3, -0.25) is 14.5 Å². The summed E-state index contributed by atoms with van der Waals surface area (Å²) < 4.78 is 16.9. The van der Waals surface area contributed by atoms with E-state index in [4.69, 9.17) is 9.84 Å². The fourth-order valence-electron chi connectivity index (χ4n) is 0.740. The van der Waals surface area contributed by atoms with Gasteiger partial charge in [0.25, 0.3) is 0 Å². The molecular formula is C9H16FNO4. The smallest absolute Gasteiger partial charge is 0.306 e. The van der Waals surface area contributed by atoms with Crippen LogP contribution in [0.1, 0.15) is 19.8 Å². The fraction of sp³-hybridized carbons (Fsp3) is 0.778. The van der Waals surface area contributed by atoms with Crippen molar-refractivity contribution < 1.29 is 23.8 Å². The summed E-state index contributed by atoms with van der Waals surface area (Å²) in [6.07, 6.45) is -0.395. The van der Waals surface area contributed by atoms with Crippen molar-refractivity contribution in [2.24, 2.45) is 0 Å². The third-order valence-electron chi connectivity index (χ3n) is 1.97. The molecule has 0 aromatic rings. The number of alkyl halides is 1. The summed E-state index contributed by atoms with van der Waals surface area (Å²) in [5, 5.41) is 8.30. The van der Waals surface area contributed by atoms with Gasteiger partial charge in [-0.2, -0.15) is 0 Å². The molecule has 5 nitrogen and oxygen atoms in total. The van der Waals surface area contributed by atoms with Crippen LogP contribution in [0.25, 0.3) is 0 Å². The van der Waals surface area contributed by atoms with Crippen LogP contribution in [0.2, 0.25) is 0 Å². The van der Waals surface area contributed by atoms with Gasteiger partial charge < -0.3 is 9.84 Å². The van der Waals surface area contributed by atoms with Gasteiger partial charge in [0, 0.05) is 6.04 Å². The second-order valence-electron chi connectivity index (χ2n) is 3.30. The van der Waals surface area contributed by atoms with Crippen LogP contribution >= 0.6 is 0 Å². The van der Waals surface area contributed by atoms with Crippen LogP contribution in [-0.4, -0.2) is 48.4 Å². The van der Waals surface area contributed by atoms with Crippen molar-refractivity contribution in [3.05, 3.63) is 0 Å². The molecule has 6 heteroatoms. The van der Waals surface area contributed by atoms with E-state index in [1.165, 1.54) is 4.90 Å². The minimum atomic E-state index is -1.04. The summed E-state index contributed by atoms with van der Waals surface area (Å²) in [7, 11) is 1.57. The van der Waals surface area contributed by atoms with Gasteiger partial charge in [0.15, 0.2) is 0 Å². The Morgan fingerprint density at radius 3 is 2.53 bits per heavy atom. The van der Waals surface area contributed by atoms with Gasteiger partial charge in [-0.05, 0) is 14.0 Å². The van der Waals surface area contributed by atoms with E-state index in [2.05, 4.69) is 0 Å². The lowest BCUT2D eigenvalue weighted by molar-refractivity contribution is -0.149.